The summed E-state index contributed by atoms with van der Waals surface area (Å²) in [5.74, 6) is -1.22. The Morgan fingerprint density at radius 1 is 1.21 bits per heavy atom. The van der Waals surface area contributed by atoms with Gasteiger partial charge in [-0.1, -0.05) is 18.2 Å². The Labute approximate surface area is 170 Å². The van der Waals surface area contributed by atoms with Gasteiger partial charge in [-0.3, -0.25) is 9.59 Å². The highest BCUT2D eigenvalue weighted by molar-refractivity contribution is 6.05. The lowest BCUT2D eigenvalue weighted by atomic mass is 10.00. The Bertz CT molecular complexity index is 859. The largest absolute Gasteiger partial charge is 0.334 e. The molecule has 1 unspecified atom stereocenters. The maximum Gasteiger partial charge on any atom is 0.258 e. The number of likely N-dealkylation sites (tertiary alicyclic amines) is 1. The molecule has 1 aliphatic rings. The molecule has 5 nitrogen and oxygen atoms in total. The number of piperidine rings is 1. The Morgan fingerprint density at radius 2 is 1.96 bits per heavy atom. The molecule has 1 fully saturated rings. The van der Waals surface area contributed by atoms with E-state index in [1.165, 1.54) is 18.2 Å². The first-order valence-electron chi connectivity index (χ1n) is 9.19. The van der Waals surface area contributed by atoms with Crippen LogP contribution in [0.1, 0.15) is 45.5 Å². The molecule has 3 rings (SSSR count). The average molecular weight is 406 g/mol. The average Bonchev–Trinajstić information content (AvgIpc) is 2.69. The predicted molar refractivity (Wildman–Crippen MR) is 111 cm³/mol. The van der Waals surface area contributed by atoms with Gasteiger partial charge in [0.15, 0.2) is 0 Å². The van der Waals surface area contributed by atoms with Crippen LogP contribution in [0.5, 0.6) is 0 Å². The summed E-state index contributed by atoms with van der Waals surface area (Å²) in [4.78, 5) is 27.2. The number of hydrogen-bond donors (Lipinski definition) is 2. The fraction of sp³-hybridized carbons (Fsp3) is 0.333. The monoisotopic (exact) mass is 405 g/mol. The van der Waals surface area contributed by atoms with Crippen LogP contribution in [0.25, 0.3) is 0 Å². The van der Waals surface area contributed by atoms with Crippen LogP contribution in [0, 0.1) is 12.7 Å². The fourth-order valence-electron chi connectivity index (χ4n) is 3.40. The van der Waals surface area contributed by atoms with Gasteiger partial charge in [0.25, 0.3) is 11.8 Å². The summed E-state index contributed by atoms with van der Waals surface area (Å²) in [6, 6.07) is 11.0. The molecular weight excluding hydrogens is 381 g/mol. The Morgan fingerprint density at radius 3 is 2.68 bits per heavy atom. The Kier molecular flexibility index (Phi) is 7.54. The van der Waals surface area contributed by atoms with E-state index in [2.05, 4.69) is 5.32 Å². The highest BCUT2D eigenvalue weighted by atomic mass is 35.5. The molecule has 1 saturated heterocycles. The maximum absolute atomic E-state index is 13.8. The van der Waals surface area contributed by atoms with Gasteiger partial charge in [-0.15, -0.1) is 12.4 Å². The summed E-state index contributed by atoms with van der Waals surface area (Å²) < 4.78 is 13.8. The minimum atomic E-state index is -0.584. The fourth-order valence-corrected chi connectivity index (χ4v) is 3.40. The topological polar surface area (TPSA) is 75.4 Å². The lowest BCUT2D eigenvalue weighted by Crippen LogP contribution is -2.47. The zero-order chi connectivity index (χ0) is 19.4. The van der Waals surface area contributed by atoms with Crippen molar-refractivity contribution in [2.75, 3.05) is 18.4 Å². The molecule has 0 saturated carbocycles. The van der Waals surface area contributed by atoms with Gasteiger partial charge < -0.3 is 16.0 Å². The van der Waals surface area contributed by atoms with Crippen LogP contribution in [-0.2, 0) is 0 Å². The first-order valence-corrected chi connectivity index (χ1v) is 9.19. The number of carbonyl (C=O) groups is 2. The summed E-state index contributed by atoms with van der Waals surface area (Å²) in [5.41, 5.74) is 7.57. The third-order valence-electron chi connectivity index (χ3n) is 5.01. The number of carbonyl (C=O) groups excluding carboxylic acids is 2. The van der Waals surface area contributed by atoms with Crippen molar-refractivity contribution in [3.8, 4) is 0 Å². The van der Waals surface area contributed by atoms with E-state index in [0.29, 0.717) is 24.3 Å². The lowest BCUT2D eigenvalue weighted by Gasteiger charge is -2.35. The molecule has 0 bridgehead atoms. The number of halogens is 2. The number of benzene rings is 2. The van der Waals surface area contributed by atoms with Crippen molar-refractivity contribution in [1.82, 2.24) is 4.90 Å². The summed E-state index contributed by atoms with van der Waals surface area (Å²) in [7, 11) is 0. The van der Waals surface area contributed by atoms with E-state index in [1.54, 1.807) is 24.3 Å². The van der Waals surface area contributed by atoms with Crippen LogP contribution in [0.15, 0.2) is 42.5 Å². The van der Waals surface area contributed by atoms with Gasteiger partial charge in [-0.25, -0.2) is 4.39 Å². The SMILES string of the molecule is Cc1ccc(C(=O)N2CCCCC2CN)cc1NC(=O)c1ccccc1F.Cl. The third kappa shape index (κ3) is 4.69. The highest BCUT2D eigenvalue weighted by Crippen LogP contribution is 2.23. The number of anilines is 1. The molecule has 1 aliphatic heterocycles. The quantitative estimate of drug-likeness (QED) is 0.813. The lowest BCUT2D eigenvalue weighted by molar-refractivity contribution is 0.0623. The molecule has 0 aromatic heterocycles. The molecule has 2 aromatic carbocycles. The molecule has 0 radical (unpaired) electrons. The first-order chi connectivity index (χ1) is 13.0. The van der Waals surface area contributed by atoms with Gasteiger partial charge in [-0.2, -0.15) is 0 Å². The molecule has 1 atom stereocenters. The molecule has 0 spiro atoms. The number of nitrogens with two attached hydrogens (primary N) is 1. The number of rotatable bonds is 4. The number of aryl methyl sites for hydroxylation is 1. The minimum Gasteiger partial charge on any atom is -0.334 e. The van der Waals surface area contributed by atoms with Gasteiger partial charge in [0.2, 0.25) is 0 Å². The zero-order valence-corrected chi connectivity index (χ0v) is 16.6. The van der Waals surface area contributed by atoms with Gasteiger partial charge in [0.1, 0.15) is 5.82 Å². The Balaban J connectivity index is 0.00000280. The van der Waals surface area contributed by atoms with Crippen molar-refractivity contribution in [3.63, 3.8) is 0 Å². The van der Waals surface area contributed by atoms with Gasteiger partial charge in [-0.05, 0) is 56.0 Å². The van der Waals surface area contributed by atoms with Crippen LogP contribution in [-0.4, -0.2) is 35.8 Å². The van der Waals surface area contributed by atoms with Crippen LogP contribution in [0.2, 0.25) is 0 Å². The smallest absolute Gasteiger partial charge is 0.258 e. The standard InChI is InChI=1S/C21H24FN3O2.ClH/c1-14-9-10-15(21(27)25-11-5-4-6-16(25)13-23)12-19(14)24-20(26)17-7-2-3-8-18(17)22;/h2-3,7-10,12,16H,4-6,11,13,23H2,1H3,(H,24,26);1H. The summed E-state index contributed by atoms with van der Waals surface area (Å²) in [5, 5.41) is 2.72. The normalized spacial score (nSPS) is 16.2. The van der Waals surface area contributed by atoms with E-state index < -0.39 is 11.7 Å². The van der Waals surface area contributed by atoms with E-state index in [9.17, 15) is 14.0 Å². The van der Waals surface area contributed by atoms with E-state index in [1.807, 2.05) is 11.8 Å². The molecule has 2 aromatic rings. The molecule has 1 heterocycles. The Hall–Kier alpha value is -2.44. The van der Waals surface area contributed by atoms with Crippen LogP contribution < -0.4 is 11.1 Å². The van der Waals surface area contributed by atoms with Gasteiger partial charge in [0.05, 0.1) is 5.56 Å². The number of hydrogen-bond acceptors (Lipinski definition) is 3. The minimum absolute atomic E-state index is 0. The van der Waals surface area contributed by atoms with E-state index in [-0.39, 0.29) is 29.9 Å². The number of nitrogens with one attached hydrogen (secondary N) is 1. The summed E-state index contributed by atoms with van der Waals surface area (Å²) in [6.45, 7) is 2.95. The van der Waals surface area contributed by atoms with Crippen molar-refractivity contribution in [2.24, 2.45) is 5.73 Å². The molecule has 7 heteroatoms. The van der Waals surface area contributed by atoms with Crippen LogP contribution in [0.3, 0.4) is 0 Å². The van der Waals surface area contributed by atoms with E-state index in [0.717, 1.165) is 24.8 Å². The van der Waals surface area contributed by atoms with Crippen molar-refractivity contribution in [2.45, 2.75) is 32.2 Å². The van der Waals surface area contributed by atoms with Crippen molar-refractivity contribution >= 4 is 29.9 Å². The van der Waals surface area contributed by atoms with E-state index >= 15 is 0 Å². The molecule has 3 N–H and O–H groups in total. The molecular formula is C21H25ClFN3O2. The second-order valence-corrected chi connectivity index (χ2v) is 6.85. The first kappa shape index (κ1) is 21.9. The van der Waals surface area contributed by atoms with Gasteiger partial charge in [0, 0.05) is 30.4 Å². The summed E-state index contributed by atoms with van der Waals surface area (Å²) >= 11 is 0. The second kappa shape index (κ2) is 9.66. The zero-order valence-electron chi connectivity index (χ0n) is 15.8. The van der Waals surface area contributed by atoms with E-state index in [4.69, 9.17) is 5.73 Å². The van der Waals surface area contributed by atoms with Crippen molar-refractivity contribution < 1.29 is 14.0 Å². The molecule has 2 amide bonds. The number of nitrogens with zero attached hydrogens (tertiary/aromatic N) is 1. The summed E-state index contributed by atoms with van der Waals surface area (Å²) in [6.07, 6.45) is 2.94. The van der Waals surface area contributed by atoms with Crippen molar-refractivity contribution in [3.05, 3.63) is 65.0 Å². The highest BCUT2D eigenvalue weighted by Gasteiger charge is 2.26. The van der Waals surface area contributed by atoms with Crippen LogP contribution >= 0.6 is 12.4 Å². The maximum atomic E-state index is 13.8. The predicted octanol–water partition coefficient (Wildman–Crippen LogP) is 3.76. The van der Waals surface area contributed by atoms with Crippen molar-refractivity contribution in [1.29, 1.82) is 0 Å². The molecule has 150 valence electrons. The third-order valence-corrected chi connectivity index (χ3v) is 5.01. The van der Waals surface area contributed by atoms with Crippen LogP contribution in [0.4, 0.5) is 10.1 Å². The molecule has 0 aliphatic carbocycles. The molecule has 28 heavy (non-hydrogen) atoms. The van der Waals surface area contributed by atoms with Gasteiger partial charge >= 0.3 is 0 Å². The second-order valence-electron chi connectivity index (χ2n) is 6.85. The number of amides is 2.